The number of non-ortho nitro benzene ring substituents is 1. The van der Waals surface area contributed by atoms with Crippen LogP contribution in [0, 0.1) is 24.0 Å². The Morgan fingerprint density at radius 2 is 1.92 bits per heavy atom. The predicted molar refractivity (Wildman–Crippen MR) is 100 cm³/mol. The molecule has 1 amide bonds. The fourth-order valence-electron chi connectivity index (χ4n) is 2.64. The van der Waals surface area contributed by atoms with E-state index in [1.165, 1.54) is 12.1 Å². The summed E-state index contributed by atoms with van der Waals surface area (Å²) in [4.78, 5) is 24.5. The van der Waals surface area contributed by atoms with E-state index in [2.05, 4.69) is 0 Å². The van der Waals surface area contributed by atoms with Gasteiger partial charge in [-0.3, -0.25) is 14.9 Å². The molecule has 0 spiro atoms. The van der Waals surface area contributed by atoms with Gasteiger partial charge in [0.15, 0.2) is 0 Å². The maximum Gasteiger partial charge on any atom is 0.269 e. The lowest BCUT2D eigenvalue weighted by Gasteiger charge is -2.25. The molecule has 0 aliphatic carbocycles. The maximum absolute atomic E-state index is 12.4. The number of nitro benzene ring substituents is 1. The van der Waals surface area contributed by atoms with E-state index in [1.807, 2.05) is 39.0 Å². The second-order valence-electron chi connectivity index (χ2n) is 6.33. The first kappa shape index (κ1) is 19.4. The van der Waals surface area contributed by atoms with Crippen molar-refractivity contribution in [2.75, 3.05) is 13.7 Å². The molecule has 26 heavy (non-hydrogen) atoms. The molecule has 1 unspecified atom stereocenters. The topological polar surface area (TPSA) is 72.7 Å². The first-order chi connectivity index (χ1) is 12.3. The number of nitro groups is 1. The van der Waals surface area contributed by atoms with E-state index in [0.29, 0.717) is 0 Å². The SMILES string of the molecule is Cc1cccc(OCCC(=O)N(C)C(C)c2cccc([N+](=O)[O-])c2)c1C. The Morgan fingerprint density at radius 3 is 2.62 bits per heavy atom. The van der Waals surface area contributed by atoms with Gasteiger partial charge in [-0.05, 0) is 43.5 Å². The van der Waals surface area contributed by atoms with Crippen LogP contribution in [-0.2, 0) is 4.79 Å². The van der Waals surface area contributed by atoms with Crippen LogP contribution in [0.3, 0.4) is 0 Å². The zero-order valence-electron chi connectivity index (χ0n) is 15.6. The summed E-state index contributed by atoms with van der Waals surface area (Å²) in [7, 11) is 1.70. The van der Waals surface area contributed by atoms with Crippen LogP contribution >= 0.6 is 0 Å². The second-order valence-corrected chi connectivity index (χ2v) is 6.33. The van der Waals surface area contributed by atoms with Crippen LogP contribution in [-0.4, -0.2) is 29.4 Å². The summed E-state index contributed by atoms with van der Waals surface area (Å²) >= 11 is 0. The van der Waals surface area contributed by atoms with Crippen molar-refractivity contribution in [3.63, 3.8) is 0 Å². The molecule has 0 saturated carbocycles. The van der Waals surface area contributed by atoms with Gasteiger partial charge in [0.1, 0.15) is 5.75 Å². The van der Waals surface area contributed by atoms with Crippen molar-refractivity contribution in [2.45, 2.75) is 33.2 Å². The van der Waals surface area contributed by atoms with Crippen LogP contribution in [0.5, 0.6) is 5.75 Å². The van der Waals surface area contributed by atoms with Crippen molar-refractivity contribution in [1.29, 1.82) is 0 Å². The number of nitrogens with zero attached hydrogens (tertiary/aromatic N) is 2. The van der Waals surface area contributed by atoms with E-state index in [-0.39, 0.29) is 30.7 Å². The first-order valence-corrected chi connectivity index (χ1v) is 8.50. The molecule has 6 nitrogen and oxygen atoms in total. The number of carbonyl (C=O) groups excluding carboxylic acids is 1. The minimum absolute atomic E-state index is 0.0217. The molecule has 0 heterocycles. The average Bonchev–Trinajstić information content (AvgIpc) is 2.63. The van der Waals surface area contributed by atoms with E-state index in [4.69, 9.17) is 4.74 Å². The normalized spacial score (nSPS) is 11.7. The lowest BCUT2D eigenvalue weighted by Crippen LogP contribution is -2.30. The Kier molecular flexibility index (Phi) is 6.33. The Morgan fingerprint density at radius 1 is 1.23 bits per heavy atom. The van der Waals surface area contributed by atoms with Crippen LogP contribution in [0.1, 0.15) is 36.1 Å². The molecule has 2 rings (SSSR count). The van der Waals surface area contributed by atoms with Gasteiger partial charge < -0.3 is 9.64 Å². The molecule has 0 bridgehead atoms. The van der Waals surface area contributed by atoms with E-state index >= 15 is 0 Å². The molecule has 2 aromatic rings. The van der Waals surface area contributed by atoms with Crippen LogP contribution < -0.4 is 4.74 Å². The highest BCUT2D eigenvalue weighted by Gasteiger charge is 2.19. The molecule has 0 aliphatic heterocycles. The highest BCUT2D eigenvalue weighted by atomic mass is 16.6. The number of amides is 1. The quantitative estimate of drug-likeness (QED) is 0.550. The van der Waals surface area contributed by atoms with Crippen molar-refractivity contribution in [3.8, 4) is 5.75 Å². The second kappa shape index (κ2) is 8.47. The molecule has 0 N–H and O–H groups in total. The van der Waals surface area contributed by atoms with Gasteiger partial charge in [0, 0.05) is 19.2 Å². The number of benzene rings is 2. The van der Waals surface area contributed by atoms with Crippen LogP contribution in [0.4, 0.5) is 5.69 Å². The lowest BCUT2D eigenvalue weighted by molar-refractivity contribution is -0.384. The van der Waals surface area contributed by atoms with Crippen molar-refractivity contribution in [2.24, 2.45) is 0 Å². The minimum atomic E-state index is -0.434. The molecule has 0 radical (unpaired) electrons. The van der Waals surface area contributed by atoms with Gasteiger partial charge in [-0.2, -0.15) is 0 Å². The van der Waals surface area contributed by atoms with Crippen LogP contribution in [0.15, 0.2) is 42.5 Å². The van der Waals surface area contributed by atoms with Gasteiger partial charge in [-0.1, -0.05) is 24.3 Å². The Labute approximate surface area is 153 Å². The summed E-state index contributed by atoms with van der Waals surface area (Å²) in [5.74, 6) is 0.710. The van der Waals surface area contributed by atoms with E-state index in [1.54, 1.807) is 24.1 Å². The van der Waals surface area contributed by atoms with Gasteiger partial charge in [0.25, 0.3) is 5.69 Å². The van der Waals surface area contributed by atoms with Crippen molar-refractivity contribution in [3.05, 3.63) is 69.3 Å². The molecule has 6 heteroatoms. The van der Waals surface area contributed by atoms with Crippen LogP contribution in [0.2, 0.25) is 0 Å². The number of aryl methyl sites for hydroxylation is 1. The van der Waals surface area contributed by atoms with Gasteiger partial charge in [-0.15, -0.1) is 0 Å². The Hall–Kier alpha value is -2.89. The van der Waals surface area contributed by atoms with E-state index < -0.39 is 4.92 Å². The van der Waals surface area contributed by atoms with Gasteiger partial charge in [0.2, 0.25) is 5.91 Å². The third-order valence-corrected chi connectivity index (χ3v) is 4.67. The molecular formula is C20H24N2O4. The highest BCUT2D eigenvalue weighted by Crippen LogP contribution is 2.24. The summed E-state index contributed by atoms with van der Waals surface area (Å²) in [6.45, 7) is 6.14. The molecular weight excluding hydrogens is 332 g/mol. The number of hydrogen-bond donors (Lipinski definition) is 0. The maximum atomic E-state index is 12.4. The van der Waals surface area contributed by atoms with Gasteiger partial charge >= 0.3 is 0 Å². The lowest BCUT2D eigenvalue weighted by atomic mass is 10.1. The number of carbonyl (C=O) groups is 1. The standard InChI is InChI=1S/C20H24N2O4/c1-14-7-5-10-19(15(14)2)26-12-11-20(23)21(4)16(3)17-8-6-9-18(13-17)22(24)25/h5-10,13,16H,11-12H2,1-4H3. The third-order valence-electron chi connectivity index (χ3n) is 4.67. The largest absolute Gasteiger partial charge is 0.493 e. The number of hydrogen-bond acceptors (Lipinski definition) is 4. The summed E-state index contributed by atoms with van der Waals surface area (Å²) < 4.78 is 5.74. The zero-order chi connectivity index (χ0) is 19.3. The minimum Gasteiger partial charge on any atom is -0.493 e. The summed E-state index contributed by atoms with van der Waals surface area (Å²) in [5, 5.41) is 10.9. The van der Waals surface area contributed by atoms with Gasteiger partial charge in [-0.25, -0.2) is 0 Å². The monoisotopic (exact) mass is 356 g/mol. The fraction of sp³-hybridized carbons (Fsp3) is 0.350. The van der Waals surface area contributed by atoms with Crippen molar-refractivity contribution in [1.82, 2.24) is 4.90 Å². The average molecular weight is 356 g/mol. The number of rotatable bonds is 7. The smallest absolute Gasteiger partial charge is 0.269 e. The summed E-state index contributed by atoms with van der Waals surface area (Å²) in [6.07, 6.45) is 0.239. The molecule has 0 aromatic heterocycles. The van der Waals surface area contributed by atoms with Gasteiger partial charge in [0.05, 0.1) is 24.0 Å². The molecule has 2 aromatic carbocycles. The van der Waals surface area contributed by atoms with Crippen molar-refractivity contribution < 1.29 is 14.5 Å². The first-order valence-electron chi connectivity index (χ1n) is 8.50. The molecule has 1 atom stereocenters. The third kappa shape index (κ3) is 4.59. The molecule has 138 valence electrons. The summed E-state index contributed by atoms with van der Waals surface area (Å²) in [6, 6.07) is 11.9. The zero-order valence-corrected chi connectivity index (χ0v) is 15.6. The Bertz CT molecular complexity index is 804. The fourth-order valence-corrected chi connectivity index (χ4v) is 2.64. The van der Waals surface area contributed by atoms with Crippen molar-refractivity contribution >= 4 is 11.6 Å². The van der Waals surface area contributed by atoms with Crippen LogP contribution in [0.25, 0.3) is 0 Å². The predicted octanol–water partition coefficient (Wildman–Crippen LogP) is 4.20. The number of ether oxygens (including phenoxy) is 1. The summed E-state index contributed by atoms with van der Waals surface area (Å²) in [5.41, 5.74) is 2.96. The Balaban J connectivity index is 1.95. The molecule has 0 saturated heterocycles. The van der Waals surface area contributed by atoms with E-state index in [9.17, 15) is 14.9 Å². The highest BCUT2D eigenvalue weighted by molar-refractivity contribution is 5.76. The molecule has 0 fully saturated rings. The van der Waals surface area contributed by atoms with E-state index in [0.717, 1.165) is 22.4 Å². The molecule has 0 aliphatic rings.